The minimum atomic E-state index is 0.134. The van der Waals surface area contributed by atoms with Gasteiger partial charge in [-0.05, 0) is 18.4 Å². The van der Waals surface area contributed by atoms with Gasteiger partial charge in [0.1, 0.15) is 6.54 Å². The van der Waals surface area contributed by atoms with E-state index in [1.54, 1.807) is 0 Å². The van der Waals surface area contributed by atoms with Crippen LogP contribution < -0.4 is 5.48 Å². The summed E-state index contributed by atoms with van der Waals surface area (Å²) in [5.74, 6) is 0.134. The maximum absolute atomic E-state index is 11.9. The normalized spacial score (nSPS) is 16.1. The molecule has 1 N–H and O–H groups in total. The summed E-state index contributed by atoms with van der Waals surface area (Å²) in [4.78, 5) is 19.2. The summed E-state index contributed by atoms with van der Waals surface area (Å²) in [6.45, 7) is 2.51. The van der Waals surface area contributed by atoms with Crippen LogP contribution in [0, 0.1) is 0 Å². The SMILES string of the molecule is O=C(CNOCc1ccccc1)N1CCCCCC1. The number of carbonyl (C=O) groups is 1. The van der Waals surface area contributed by atoms with Crippen molar-refractivity contribution in [3.8, 4) is 0 Å². The molecule has 1 aromatic carbocycles. The number of likely N-dealkylation sites (tertiary alicyclic amines) is 1. The standard InChI is InChI=1S/C15H22N2O2/c18-15(17-10-6-1-2-7-11-17)12-16-19-13-14-8-4-3-5-9-14/h3-5,8-9,16H,1-2,6-7,10-13H2. The zero-order valence-electron chi connectivity index (χ0n) is 11.3. The van der Waals surface area contributed by atoms with E-state index in [1.165, 1.54) is 12.8 Å². The summed E-state index contributed by atoms with van der Waals surface area (Å²) in [6.07, 6.45) is 4.72. The molecule has 0 atom stereocenters. The topological polar surface area (TPSA) is 41.6 Å². The molecule has 0 aliphatic carbocycles. The third-order valence-electron chi connectivity index (χ3n) is 3.37. The molecule has 0 bridgehead atoms. The number of hydroxylamine groups is 1. The molecule has 4 heteroatoms. The summed E-state index contributed by atoms with van der Waals surface area (Å²) in [6, 6.07) is 9.92. The molecule has 1 amide bonds. The van der Waals surface area contributed by atoms with E-state index >= 15 is 0 Å². The molecule has 0 aromatic heterocycles. The molecule has 0 spiro atoms. The predicted molar refractivity (Wildman–Crippen MR) is 74.3 cm³/mol. The molecule has 1 heterocycles. The molecule has 104 valence electrons. The largest absolute Gasteiger partial charge is 0.342 e. The van der Waals surface area contributed by atoms with E-state index in [2.05, 4.69) is 5.48 Å². The average Bonchev–Trinajstić information content (AvgIpc) is 2.73. The van der Waals surface area contributed by atoms with Crippen LogP contribution in [0.5, 0.6) is 0 Å². The fourth-order valence-electron chi connectivity index (χ4n) is 2.25. The molecule has 19 heavy (non-hydrogen) atoms. The first kappa shape index (κ1) is 14.0. The summed E-state index contributed by atoms with van der Waals surface area (Å²) in [5, 5.41) is 0. The maximum Gasteiger partial charge on any atom is 0.238 e. The lowest BCUT2D eigenvalue weighted by Gasteiger charge is -2.20. The van der Waals surface area contributed by atoms with Crippen LogP contribution in [0.25, 0.3) is 0 Å². The molecular formula is C15H22N2O2. The molecule has 1 aromatic rings. The van der Waals surface area contributed by atoms with Crippen molar-refractivity contribution in [1.29, 1.82) is 0 Å². The van der Waals surface area contributed by atoms with E-state index in [9.17, 15) is 4.79 Å². The van der Waals surface area contributed by atoms with Crippen LogP contribution in [-0.4, -0.2) is 30.4 Å². The number of hydrogen-bond donors (Lipinski definition) is 1. The minimum absolute atomic E-state index is 0.134. The molecule has 0 saturated carbocycles. The van der Waals surface area contributed by atoms with Crippen LogP contribution >= 0.6 is 0 Å². The first-order chi connectivity index (χ1) is 9.36. The van der Waals surface area contributed by atoms with Crippen LogP contribution in [0.15, 0.2) is 30.3 Å². The highest BCUT2D eigenvalue weighted by Gasteiger charge is 2.14. The van der Waals surface area contributed by atoms with Crippen molar-refractivity contribution in [1.82, 2.24) is 10.4 Å². The van der Waals surface area contributed by atoms with Crippen LogP contribution in [0.1, 0.15) is 31.2 Å². The van der Waals surface area contributed by atoms with Gasteiger partial charge in [0.15, 0.2) is 0 Å². The molecule has 1 aliphatic heterocycles. The Labute approximate surface area is 114 Å². The molecule has 1 fully saturated rings. The van der Waals surface area contributed by atoms with E-state index in [1.807, 2.05) is 35.2 Å². The zero-order chi connectivity index (χ0) is 13.3. The Morgan fingerprint density at radius 2 is 1.79 bits per heavy atom. The van der Waals surface area contributed by atoms with Gasteiger partial charge in [-0.1, -0.05) is 43.2 Å². The van der Waals surface area contributed by atoms with Gasteiger partial charge in [0.2, 0.25) is 5.91 Å². The van der Waals surface area contributed by atoms with Gasteiger partial charge in [-0.2, -0.15) is 5.48 Å². The van der Waals surface area contributed by atoms with E-state index in [0.29, 0.717) is 6.61 Å². The van der Waals surface area contributed by atoms with Gasteiger partial charge in [-0.15, -0.1) is 0 Å². The fraction of sp³-hybridized carbons (Fsp3) is 0.533. The number of benzene rings is 1. The number of hydrogen-bond acceptors (Lipinski definition) is 3. The number of rotatable bonds is 5. The minimum Gasteiger partial charge on any atom is -0.342 e. The van der Waals surface area contributed by atoms with Crippen molar-refractivity contribution in [2.45, 2.75) is 32.3 Å². The summed E-state index contributed by atoms with van der Waals surface area (Å²) in [7, 11) is 0. The third kappa shape index (κ3) is 5.01. The van der Waals surface area contributed by atoms with Gasteiger partial charge in [-0.3, -0.25) is 9.63 Å². The van der Waals surface area contributed by atoms with E-state index in [-0.39, 0.29) is 12.5 Å². The third-order valence-corrected chi connectivity index (χ3v) is 3.37. The molecule has 0 radical (unpaired) electrons. The summed E-state index contributed by atoms with van der Waals surface area (Å²) < 4.78 is 0. The molecule has 1 aliphatic rings. The highest BCUT2D eigenvalue weighted by molar-refractivity contribution is 5.78. The van der Waals surface area contributed by atoms with Crippen molar-refractivity contribution in [3.63, 3.8) is 0 Å². The van der Waals surface area contributed by atoms with Crippen molar-refractivity contribution in [3.05, 3.63) is 35.9 Å². The molecule has 4 nitrogen and oxygen atoms in total. The van der Waals surface area contributed by atoms with E-state index in [0.717, 1.165) is 31.5 Å². The van der Waals surface area contributed by atoms with E-state index < -0.39 is 0 Å². The first-order valence-electron chi connectivity index (χ1n) is 7.02. The molecular weight excluding hydrogens is 240 g/mol. The Balaban J connectivity index is 1.63. The number of nitrogens with one attached hydrogen (secondary N) is 1. The monoisotopic (exact) mass is 262 g/mol. The Hall–Kier alpha value is -1.39. The highest BCUT2D eigenvalue weighted by Crippen LogP contribution is 2.09. The highest BCUT2D eigenvalue weighted by atomic mass is 16.6. The van der Waals surface area contributed by atoms with Crippen molar-refractivity contribution in [2.24, 2.45) is 0 Å². The lowest BCUT2D eigenvalue weighted by molar-refractivity contribution is -0.133. The van der Waals surface area contributed by atoms with Gasteiger partial charge in [0.05, 0.1) is 6.61 Å². The Kier molecular flexibility index (Phi) is 5.85. The second kappa shape index (κ2) is 7.92. The molecule has 1 saturated heterocycles. The van der Waals surface area contributed by atoms with E-state index in [4.69, 9.17) is 4.84 Å². The average molecular weight is 262 g/mol. The van der Waals surface area contributed by atoms with Crippen molar-refractivity contribution < 1.29 is 9.63 Å². The second-order valence-electron chi connectivity index (χ2n) is 4.89. The lowest BCUT2D eigenvalue weighted by Crippen LogP contribution is -2.38. The number of amides is 1. The van der Waals surface area contributed by atoms with Gasteiger partial charge < -0.3 is 4.90 Å². The quantitative estimate of drug-likeness (QED) is 0.653. The lowest BCUT2D eigenvalue weighted by atomic mass is 10.2. The number of nitrogens with zero attached hydrogens (tertiary/aromatic N) is 1. The zero-order valence-corrected chi connectivity index (χ0v) is 11.3. The summed E-state index contributed by atoms with van der Waals surface area (Å²) >= 11 is 0. The Bertz CT molecular complexity index is 373. The molecule has 2 rings (SSSR count). The smallest absolute Gasteiger partial charge is 0.238 e. The Morgan fingerprint density at radius 1 is 1.11 bits per heavy atom. The van der Waals surface area contributed by atoms with Gasteiger partial charge in [0.25, 0.3) is 0 Å². The van der Waals surface area contributed by atoms with Crippen LogP contribution in [-0.2, 0) is 16.2 Å². The van der Waals surface area contributed by atoms with Crippen molar-refractivity contribution >= 4 is 5.91 Å². The maximum atomic E-state index is 11.9. The predicted octanol–water partition coefficient (Wildman–Crippen LogP) is 2.11. The second-order valence-corrected chi connectivity index (χ2v) is 4.89. The van der Waals surface area contributed by atoms with Crippen LogP contribution in [0.3, 0.4) is 0 Å². The number of carbonyl (C=O) groups excluding carboxylic acids is 1. The summed E-state index contributed by atoms with van der Waals surface area (Å²) in [5.41, 5.74) is 3.85. The van der Waals surface area contributed by atoms with Crippen molar-refractivity contribution in [2.75, 3.05) is 19.6 Å². The first-order valence-corrected chi connectivity index (χ1v) is 7.02. The van der Waals surface area contributed by atoms with Gasteiger partial charge >= 0.3 is 0 Å². The van der Waals surface area contributed by atoms with Gasteiger partial charge in [-0.25, -0.2) is 0 Å². The molecule has 0 unspecified atom stereocenters. The van der Waals surface area contributed by atoms with Gasteiger partial charge in [0, 0.05) is 13.1 Å². The fourth-order valence-corrected chi connectivity index (χ4v) is 2.25. The van der Waals surface area contributed by atoms with Crippen LogP contribution in [0.2, 0.25) is 0 Å². The van der Waals surface area contributed by atoms with Crippen LogP contribution in [0.4, 0.5) is 0 Å². The Morgan fingerprint density at radius 3 is 2.47 bits per heavy atom.